The molecule has 6 aromatic rings. The van der Waals surface area contributed by atoms with E-state index in [0.717, 1.165) is 11.1 Å². The minimum atomic E-state index is -2.61. The van der Waals surface area contributed by atoms with Crippen molar-refractivity contribution in [3.05, 3.63) is 69.6 Å². The number of rotatable bonds is 5. The van der Waals surface area contributed by atoms with E-state index in [1.165, 1.54) is 0 Å². The Morgan fingerprint density at radius 2 is 1.95 bits per heavy atom. The van der Waals surface area contributed by atoms with Crippen LogP contribution in [0.4, 0.5) is 11.6 Å². The zero-order valence-corrected chi connectivity index (χ0v) is 21.7. The summed E-state index contributed by atoms with van der Waals surface area (Å²) in [5.74, 6) is 0.116. The highest BCUT2D eigenvalue weighted by molar-refractivity contribution is 6.29. The van der Waals surface area contributed by atoms with Gasteiger partial charge in [-0.25, -0.2) is 19.9 Å². The van der Waals surface area contributed by atoms with Crippen LogP contribution in [0.5, 0.6) is 0 Å². The third kappa shape index (κ3) is 4.12. The van der Waals surface area contributed by atoms with Crippen molar-refractivity contribution in [2.45, 2.75) is 19.9 Å². The normalized spacial score (nSPS) is 13.8. The highest BCUT2D eigenvalue weighted by atomic mass is 35.5. The summed E-state index contributed by atoms with van der Waals surface area (Å²) in [5, 5.41) is 15.6. The molecule has 0 fully saturated rings. The minimum absolute atomic E-state index is 0.0151. The number of pyridine rings is 1. The zero-order valence-electron chi connectivity index (χ0n) is 24.0. The number of nitrogens with two attached hydrogens (primary N) is 1. The van der Waals surface area contributed by atoms with E-state index in [1.807, 2.05) is 30.4 Å². The molecule has 0 saturated carbocycles. The summed E-state index contributed by atoms with van der Waals surface area (Å²) in [6, 6.07) is 6.71. The van der Waals surface area contributed by atoms with Crippen LogP contribution in [0.15, 0.2) is 47.8 Å². The topological polar surface area (TPSA) is 160 Å². The molecule has 0 spiro atoms. The lowest BCUT2D eigenvalue weighted by Gasteiger charge is -2.21. The molecule has 196 valence electrons. The van der Waals surface area contributed by atoms with Gasteiger partial charge in [0.05, 0.1) is 29.6 Å². The highest BCUT2D eigenvalue weighted by Gasteiger charge is 2.22. The number of imidazole rings is 1. The summed E-state index contributed by atoms with van der Waals surface area (Å²) in [7, 11) is 1.69. The van der Waals surface area contributed by atoms with Gasteiger partial charge in [0, 0.05) is 29.1 Å². The largest absolute Gasteiger partial charge is 0.377 e. The van der Waals surface area contributed by atoms with Crippen LogP contribution in [0.3, 0.4) is 0 Å². The highest BCUT2D eigenvalue weighted by Crippen LogP contribution is 2.33. The van der Waals surface area contributed by atoms with E-state index >= 15 is 0 Å². The number of aromatic nitrogens is 10. The second-order valence-corrected chi connectivity index (χ2v) is 9.42. The molecule has 0 bridgehead atoms. The fourth-order valence-electron chi connectivity index (χ4n) is 4.68. The molecule has 0 aliphatic carbocycles. The van der Waals surface area contributed by atoms with Gasteiger partial charge >= 0.3 is 0 Å². The zero-order chi connectivity index (χ0) is 29.9. The van der Waals surface area contributed by atoms with Gasteiger partial charge in [0.25, 0.3) is 5.56 Å². The average Bonchev–Trinajstić information content (AvgIpc) is 3.61. The quantitative estimate of drug-likeness (QED) is 0.308. The van der Waals surface area contributed by atoms with Gasteiger partial charge < -0.3 is 11.1 Å². The van der Waals surface area contributed by atoms with Crippen LogP contribution in [0.2, 0.25) is 5.15 Å². The minimum Gasteiger partial charge on any atom is -0.377 e. The second-order valence-electron chi connectivity index (χ2n) is 9.03. The summed E-state index contributed by atoms with van der Waals surface area (Å²) in [5.41, 5.74) is 10.2. The first-order valence-corrected chi connectivity index (χ1v) is 12.1. The van der Waals surface area contributed by atoms with E-state index in [2.05, 4.69) is 40.7 Å². The van der Waals surface area contributed by atoms with E-state index in [1.54, 1.807) is 42.5 Å². The van der Waals surface area contributed by atoms with Gasteiger partial charge in [0.2, 0.25) is 11.8 Å². The number of nitrogens with one attached hydrogen (secondary N) is 1. The molecule has 5 heterocycles. The van der Waals surface area contributed by atoms with Crippen molar-refractivity contribution in [3.8, 4) is 22.8 Å². The van der Waals surface area contributed by atoms with E-state index < -0.39 is 13.0 Å². The average molecular weight is 546 g/mol. The molecular weight excluding hydrogens is 520 g/mol. The Balaban J connectivity index is 1.51. The summed E-state index contributed by atoms with van der Waals surface area (Å²) >= 11 is 6.18. The van der Waals surface area contributed by atoms with Gasteiger partial charge in [0.1, 0.15) is 28.5 Å². The predicted octanol–water partition coefficient (Wildman–Crippen LogP) is 2.95. The maximum absolute atomic E-state index is 13.7. The molecule has 0 radical (unpaired) electrons. The molecule has 0 unspecified atom stereocenters. The van der Waals surface area contributed by atoms with Gasteiger partial charge in [-0.2, -0.15) is 4.80 Å². The van der Waals surface area contributed by atoms with Crippen molar-refractivity contribution >= 4 is 39.8 Å². The van der Waals surface area contributed by atoms with Crippen molar-refractivity contribution in [3.63, 3.8) is 0 Å². The first-order valence-electron chi connectivity index (χ1n) is 13.2. The van der Waals surface area contributed by atoms with E-state index in [0.29, 0.717) is 38.3 Å². The second kappa shape index (κ2) is 9.13. The number of fused-ring (bicyclic) bond motifs is 3. The molecule has 39 heavy (non-hydrogen) atoms. The number of hydrogen-bond acceptors (Lipinski definition) is 10. The van der Waals surface area contributed by atoms with Crippen molar-refractivity contribution in [2.24, 2.45) is 14.0 Å². The lowest BCUT2D eigenvalue weighted by molar-refractivity contribution is 0.630. The molecule has 6 rings (SSSR count). The van der Waals surface area contributed by atoms with Gasteiger partial charge in [-0.1, -0.05) is 17.7 Å². The number of tetrazole rings is 1. The molecule has 0 aliphatic rings. The smallest absolute Gasteiger partial charge is 0.261 e. The molecular formula is C25H23ClN12O. The monoisotopic (exact) mass is 545 g/mol. The molecule has 3 N–H and O–H groups in total. The van der Waals surface area contributed by atoms with Crippen LogP contribution in [0.25, 0.3) is 39.3 Å². The number of benzene rings is 1. The van der Waals surface area contributed by atoms with Crippen LogP contribution < -0.4 is 16.6 Å². The van der Waals surface area contributed by atoms with Gasteiger partial charge in [0.15, 0.2) is 0 Å². The first kappa shape index (κ1) is 21.1. The molecule has 5 aromatic heterocycles. The standard InChI is InChI=1S/C25H23ClN12O/c1-12-7-15(13(2)31-17-5-6-18(26)32-20(17)22-33-35-37(4)34-22)21-16(8-12)24(39)36(3)23-19(30-11-38(21)23)14-9-28-25(27)29-10-14/h5-11,13,31H,1-4H3,(H2,27,28,29)/t13-/m0/s1/i4D3. The van der Waals surface area contributed by atoms with Crippen molar-refractivity contribution in [1.29, 1.82) is 0 Å². The SMILES string of the molecule is [2H]C([2H])([2H])n1nnc(-c2nc(Cl)ccc2N[C@@H](C)c2cc(C)cc3c(=O)n(C)c4c(-c5cnc(N)nc5)ncn4c23)n1. The first-order chi connectivity index (χ1) is 19.9. The van der Waals surface area contributed by atoms with Crippen LogP contribution >= 0.6 is 11.6 Å². The number of aryl methyl sites for hydroxylation is 3. The van der Waals surface area contributed by atoms with Gasteiger partial charge in [-0.15, -0.1) is 10.2 Å². The molecule has 1 aromatic carbocycles. The Kier molecular flexibility index (Phi) is 4.93. The lowest BCUT2D eigenvalue weighted by atomic mass is 10.0. The Morgan fingerprint density at radius 3 is 2.69 bits per heavy atom. The Hall–Kier alpha value is -4.91. The molecule has 0 aliphatic heterocycles. The fraction of sp³-hybridized carbons (Fsp3) is 0.200. The van der Waals surface area contributed by atoms with E-state index in [9.17, 15) is 4.79 Å². The third-order valence-corrected chi connectivity index (χ3v) is 6.60. The molecule has 0 amide bonds. The maximum Gasteiger partial charge on any atom is 0.261 e. The Morgan fingerprint density at radius 1 is 1.15 bits per heavy atom. The number of halogens is 1. The van der Waals surface area contributed by atoms with E-state index in [4.69, 9.17) is 21.4 Å². The number of nitrogen functional groups attached to an aromatic ring is 1. The third-order valence-electron chi connectivity index (χ3n) is 6.39. The number of anilines is 2. The molecule has 14 heteroatoms. The molecule has 0 saturated heterocycles. The summed E-state index contributed by atoms with van der Waals surface area (Å²) < 4.78 is 26.1. The molecule has 1 atom stereocenters. The van der Waals surface area contributed by atoms with Crippen molar-refractivity contribution in [2.75, 3.05) is 11.1 Å². The van der Waals surface area contributed by atoms with Crippen LogP contribution in [-0.2, 0) is 14.0 Å². The van der Waals surface area contributed by atoms with E-state index in [-0.39, 0.29) is 28.2 Å². The summed E-state index contributed by atoms with van der Waals surface area (Å²) in [4.78, 5) is 31.3. The Bertz CT molecular complexity index is 2050. The summed E-state index contributed by atoms with van der Waals surface area (Å²) in [6.45, 7) is 1.23. The lowest BCUT2D eigenvalue weighted by Crippen LogP contribution is -2.21. The van der Waals surface area contributed by atoms with Crippen LogP contribution in [-0.4, -0.2) is 49.1 Å². The Labute approximate surface area is 230 Å². The van der Waals surface area contributed by atoms with Crippen LogP contribution in [0.1, 0.15) is 28.2 Å². The van der Waals surface area contributed by atoms with Gasteiger partial charge in [-0.05, 0) is 48.4 Å². The van der Waals surface area contributed by atoms with Crippen molar-refractivity contribution < 1.29 is 4.11 Å². The predicted molar refractivity (Wildman–Crippen MR) is 147 cm³/mol. The molecule has 13 nitrogen and oxygen atoms in total. The number of hydrogen-bond donors (Lipinski definition) is 2. The summed E-state index contributed by atoms with van der Waals surface area (Å²) in [6.07, 6.45) is 4.77. The fourth-order valence-corrected chi connectivity index (χ4v) is 4.83. The van der Waals surface area contributed by atoms with Crippen LogP contribution in [0, 0.1) is 6.92 Å². The van der Waals surface area contributed by atoms with Crippen molar-refractivity contribution in [1.82, 2.24) is 49.1 Å². The maximum atomic E-state index is 13.7. The van der Waals surface area contributed by atoms with Gasteiger partial charge in [-0.3, -0.25) is 13.8 Å². The number of nitrogens with zero attached hydrogens (tertiary/aromatic N) is 10.